The van der Waals surface area contributed by atoms with E-state index in [4.69, 9.17) is 16.1 Å². The molecule has 6 rings (SSSR count). The zero-order valence-corrected chi connectivity index (χ0v) is 21.9. The average Bonchev–Trinajstić information content (AvgIpc) is 3.43. The fourth-order valence-electron chi connectivity index (χ4n) is 5.95. The van der Waals surface area contributed by atoms with Gasteiger partial charge in [-0.25, -0.2) is 13.2 Å². The molecule has 0 N–H and O–H groups in total. The van der Waals surface area contributed by atoms with Gasteiger partial charge >= 0.3 is 0 Å². The van der Waals surface area contributed by atoms with Crippen LogP contribution in [0.3, 0.4) is 0 Å². The lowest BCUT2D eigenvalue weighted by Gasteiger charge is -2.40. The molecule has 0 aliphatic carbocycles. The summed E-state index contributed by atoms with van der Waals surface area (Å²) in [6.45, 7) is 3.73. The molecule has 0 unspecified atom stereocenters. The summed E-state index contributed by atoms with van der Waals surface area (Å²) in [5.41, 5.74) is 2.84. The van der Waals surface area contributed by atoms with Gasteiger partial charge in [0, 0.05) is 35.8 Å². The van der Waals surface area contributed by atoms with E-state index in [0.717, 1.165) is 11.6 Å². The number of nitrogens with zero attached hydrogens (tertiary/aromatic N) is 3. The fraction of sp³-hybridized carbons (Fsp3) is 0.267. The monoisotopic (exact) mass is 551 g/mol. The Hall–Kier alpha value is -3.62. The third kappa shape index (κ3) is 4.61. The van der Waals surface area contributed by atoms with E-state index in [0.29, 0.717) is 77.9 Å². The van der Waals surface area contributed by atoms with Crippen LogP contribution in [0, 0.1) is 24.4 Å². The number of rotatable bonds is 4. The summed E-state index contributed by atoms with van der Waals surface area (Å²) < 4.78 is 47.3. The van der Waals surface area contributed by atoms with Crippen molar-refractivity contribution in [2.24, 2.45) is 0 Å². The van der Waals surface area contributed by atoms with Gasteiger partial charge in [-0.05, 0) is 80.4 Å². The van der Waals surface area contributed by atoms with Gasteiger partial charge in [0.1, 0.15) is 34.5 Å². The molecule has 1 fully saturated rings. The normalized spacial score (nSPS) is 16.6. The molecular weight excluding hydrogens is 527 g/mol. The highest BCUT2D eigenvalue weighted by atomic mass is 35.5. The van der Waals surface area contributed by atoms with E-state index in [9.17, 15) is 18.0 Å². The van der Waals surface area contributed by atoms with Gasteiger partial charge in [0.25, 0.3) is 5.91 Å². The highest BCUT2D eigenvalue weighted by molar-refractivity contribution is 6.33. The molecule has 39 heavy (non-hydrogen) atoms. The Morgan fingerprint density at radius 3 is 2.44 bits per heavy atom. The number of aromatic nitrogens is 1. The minimum absolute atomic E-state index is 0.286. The van der Waals surface area contributed by atoms with Crippen molar-refractivity contribution in [3.05, 3.63) is 106 Å². The van der Waals surface area contributed by atoms with Crippen molar-refractivity contribution in [3.63, 3.8) is 0 Å². The van der Waals surface area contributed by atoms with Crippen LogP contribution in [-0.2, 0) is 12.0 Å². The molecular formula is C30H25ClF3N3O2. The summed E-state index contributed by atoms with van der Waals surface area (Å²) in [6, 6.07) is 15.2. The number of carbonyl (C=O) groups is 1. The third-order valence-electron chi connectivity index (χ3n) is 7.87. The van der Waals surface area contributed by atoms with Gasteiger partial charge in [-0.2, -0.15) is 0 Å². The van der Waals surface area contributed by atoms with Crippen LogP contribution in [0.15, 0.2) is 65.2 Å². The van der Waals surface area contributed by atoms with Crippen LogP contribution < -0.4 is 4.90 Å². The molecule has 5 nitrogen and oxygen atoms in total. The molecule has 1 saturated heterocycles. The zero-order chi connectivity index (χ0) is 27.3. The molecule has 4 aromatic rings. The van der Waals surface area contributed by atoms with E-state index in [2.05, 4.69) is 10.1 Å². The Morgan fingerprint density at radius 1 is 1.00 bits per heavy atom. The van der Waals surface area contributed by atoms with Gasteiger partial charge in [0.05, 0.1) is 5.02 Å². The first-order valence-electron chi connectivity index (χ1n) is 12.7. The Morgan fingerprint density at radius 2 is 1.72 bits per heavy atom. The summed E-state index contributed by atoms with van der Waals surface area (Å²) in [6.07, 6.45) is 1.32. The van der Waals surface area contributed by atoms with Gasteiger partial charge in [-0.15, -0.1) is 0 Å². The number of benzene rings is 3. The average molecular weight is 552 g/mol. The SMILES string of the molecule is Cc1onc(-c2ccccc2Cl)c1C(=O)N1CC2(CCN(Cc3cc(F)cc(F)c3)CC2)c2cc(F)ccc21. The van der Waals surface area contributed by atoms with Crippen LogP contribution in [-0.4, -0.2) is 35.6 Å². The van der Waals surface area contributed by atoms with E-state index < -0.39 is 17.0 Å². The van der Waals surface area contributed by atoms with Crippen LogP contribution >= 0.6 is 11.6 Å². The third-order valence-corrected chi connectivity index (χ3v) is 8.20. The van der Waals surface area contributed by atoms with Crippen molar-refractivity contribution in [2.75, 3.05) is 24.5 Å². The summed E-state index contributed by atoms with van der Waals surface area (Å²) in [5.74, 6) is -1.48. The molecule has 1 spiro atoms. The molecule has 200 valence electrons. The quantitative estimate of drug-likeness (QED) is 0.276. The number of piperidine rings is 1. The maximum atomic E-state index is 14.5. The van der Waals surface area contributed by atoms with Crippen molar-refractivity contribution in [1.29, 1.82) is 0 Å². The first kappa shape index (κ1) is 25.6. The molecule has 3 heterocycles. The largest absolute Gasteiger partial charge is 0.360 e. The number of aryl methyl sites for hydroxylation is 1. The lowest BCUT2D eigenvalue weighted by molar-refractivity contribution is 0.0974. The molecule has 1 aromatic heterocycles. The zero-order valence-electron chi connectivity index (χ0n) is 21.2. The van der Waals surface area contributed by atoms with Crippen LogP contribution in [0.1, 0.15) is 40.1 Å². The van der Waals surface area contributed by atoms with Gasteiger partial charge < -0.3 is 9.42 Å². The Kier molecular flexibility index (Phi) is 6.47. The summed E-state index contributed by atoms with van der Waals surface area (Å²) in [7, 11) is 0. The molecule has 0 radical (unpaired) electrons. The standard InChI is InChI=1S/C30H25ClF3N3O2/c1-18-27(28(35-39-18)23-4-2-3-5-25(23)31)29(38)37-17-30(24-15-20(32)6-7-26(24)37)8-10-36(11-9-30)16-19-12-21(33)14-22(34)13-19/h2-7,12-15H,8-11,16-17H2,1H3. The Bertz CT molecular complexity index is 1560. The Balaban J connectivity index is 1.30. The molecule has 9 heteroatoms. The highest BCUT2D eigenvalue weighted by Crippen LogP contribution is 2.48. The van der Waals surface area contributed by atoms with Gasteiger partial charge in [-0.1, -0.05) is 35.0 Å². The van der Waals surface area contributed by atoms with Crippen molar-refractivity contribution in [1.82, 2.24) is 10.1 Å². The predicted octanol–water partition coefficient (Wildman–Crippen LogP) is 6.91. The first-order chi connectivity index (χ1) is 18.7. The summed E-state index contributed by atoms with van der Waals surface area (Å²) in [5, 5.41) is 4.60. The predicted molar refractivity (Wildman–Crippen MR) is 142 cm³/mol. The molecule has 1 amide bonds. The van der Waals surface area contributed by atoms with E-state index in [1.807, 2.05) is 6.07 Å². The van der Waals surface area contributed by atoms with Crippen LogP contribution in [0.2, 0.25) is 5.02 Å². The highest BCUT2D eigenvalue weighted by Gasteiger charge is 2.47. The number of hydrogen-bond donors (Lipinski definition) is 0. The number of anilines is 1. The number of hydrogen-bond acceptors (Lipinski definition) is 4. The number of halogens is 4. The second-order valence-corrected chi connectivity index (χ2v) is 10.7. The number of fused-ring (bicyclic) bond motifs is 2. The number of carbonyl (C=O) groups excluding carboxylic acids is 1. The molecule has 2 aliphatic heterocycles. The van der Waals surface area contributed by atoms with Crippen molar-refractivity contribution >= 4 is 23.2 Å². The van der Waals surface area contributed by atoms with Crippen LogP contribution in [0.4, 0.5) is 18.9 Å². The summed E-state index contributed by atoms with van der Waals surface area (Å²) >= 11 is 6.41. The van der Waals surface area contributed by atoms with E-state index in [1.165, 1.54) is 24.3 Å². The first-order valence-corrected chi connectivity index (χ1v) is 13.1. The second-order valence-electron chi connectivity index (χ2n) is 10.3. The maximum absolute atomic E-state index is 14.5. The van der Waals surface area contributed by atoms with Gasteiger partial charge in [-0.3, -0.25) is 9.69 Å². The van der Waals surface area contributed by atoms with E-state index in [1.54, 1.807) is 36.1 Å². The van der Waals surface area contributed by atoms with Gasteiger partial charge in [0.15, 0.2) is 0 Å². The van der Waals surface area contributed by atoms with E-state index in [-0.39, 0.29) is 11.7 Å². The van der Waals surface area contributed by atoms with Crippen LogP contribution in [0.5, 0.6) is 0 Å². The van der Waals surface area contributed by atoms with Gasteiger partial charge in [0.2, 0.25) is 0 Å². The minimum atomic E-state index is -0.604. The lowest BCUT2D eigenvalue weighted by atomic mass is 9.74. The van der Waals surface area contributed by atoms with Crippen molar-refractivity contribution in [2.45, 2.75) is 31.7 Å². The maximum Gasteiger partial charge on any atom is 0.264 e. The molecule has 0 atom stereocenters. The Labute approximate surface area is 228 Å². The molecule has 2 aliphatic rings. The molecule has 0 bridgehead atoms. The molecule has 3 aromatic carbocycles. The summed E-state index contributed by atoms with van der Waals surface area (Å²) in [4.78, 5) is 17.9. The minimum Gasteiger partial charge on any atom is -0.360 e. The topological polar surface area (TPSA) is 49.6 Å². The lowest BCUT2D eigenvalue weighted by Crippen LogP contribution is -2.45. The number of amides is 1. The van der Waals surface area contributed by atoms with Crippen molar-refractivity contribution < 1.29 is 22.5 Å². The molecule has 0 saturated carbocycles. The van der Waals surface area contributed by atoms with Crippen molar-refractivity contribution in [3.8, 4) is 11.3 Å². The van der Waals surface area contributed by atoms with E-state index >= 15 is 0 Å². The number of likely N-dealkylation sites (tertiary alicyclic amines) is 1. The second kappa shape index (κ2) is 9.84. The fourth-order valence-corrected chi connectivity index (χ4v) is 6.17. The smallest absolute Gasteiger partial charge is 0.264 e. The van der Waals surface area contributed by atoms with Crippen LogP contribution in [0.25, 0.3) is 11.3 Å².